The molecule has 0 heterocycles. The molecule has 0 unspecified atom stereocenters. The normalized spacial score (nSPS) is 11.2. The molecule has 0 atom stereocenters. The summed E-state index contributed by atoms with van der Waals surface area (Å²) >= 11 is 11.6. The summed E-state index contributed by atoms with van der Waals surface area (Å²) < 4.78 is 10.6. The first-order valence-corrected chi connectivity index (χ1v) is 9.83. The molecule has 8 heteroatoms. The lowest BCUT2D eigenvalue weighted by Gasteiger charge is -2.24. The Morgan fingerprint density at radius 2 is 1.20 bits per heavy atom. The van der Waals surface area contributed by atoms with Crippen LogP contribution in [-0.2, 0) is 9.47 Å². The minimum Gasteiger partial charge on any atom is -0.458 e. The highest BCUT2D eigenvalue weighted by Gasteiger charge is 2.26. The number of halogens is 2. The average molecular weight is 457 g/mol. The highest BCUT2D eigenvalue weighted by Crippen LogP contribution is 2.17. The van der Waals surface area contributed by atoms with E-state index in [9.17, 15) is 9.59 Å². The Kier molecular flexibility index (Phi) is 9.78. The molecule has 6 nitrogen and oxygen atoms in total. The van der Waals surface area contributed by atoms with E-state index in [2.05, 4.69) is 0 Å². The van der Waals surface area contributed by atoms with Gasteiger partial charge in [-0.3, -0.25) is 0 Å². The predicted octanol–water partition coefficient (Wildman–Crippen LogP) is 4.54. The molecular weight excluding hydrogens is 431 g/mol. The molecule has 2 aromatic carbocycles. The Morgan fingerprint density at radius 3 is 1.57 bits per heavy atom. The highest BCUT2D eigenvalue weighted by molar-refractivity contribution is 6.30. The fourth-order valence-corrected chi connectivity index (χ4v) is 2.09. The van der Waals surface area contributed by atoms with E-state index in [4.69, 9.17) is 42.9 Å². The highest BCUT2D eigenvalue weighted by atomic mass is 35.5. The number of benzene rings is 2. The second kappa shape index (κ2) is 11.3. The zero-order valence-corrected chi connectivity index (χ0v) is 18.8. The number of aliphatic hydroxyl groups excluding tert-OH is 1. The molecule has 0 aliphatic heterocycles. The number of aliphatic hydroxyl groups is 2. The Morgan fingerprint density at radius 1 is 0.833 bits per heavy atom. The summed E-state index contributed by atoms with van der Waals surface area (Å²) in [5, 5.41) is 17.8. The first-order chi connectivity index (χ1) is 13.8. The van der Waals surface area contributed by atoms with E-state index in [1.165, 1.54) is 0 Å². The molecule has 0 saturated carbocycles. The molecule has 2 N–H and O–H groups in total. The number of carbonyl (C=O) groups excluding carboxylic acids is 2. The molecule has 0 bridgehead atoms. The van der Waals surface area contributed by atoms with Crippen molar-refractivity contribution in [2.75, 3.05) is 13.2 Å². The zero-order valence-electron chi connectivity index (χ0n) is 17.3. The minimum atomic E-state index is -0.973. The lowest BCUT2D eigenvalue weighted by molar-refractivity contribution is -0.0370. The second-order valence-electron chi connectivity index (χ2n) is 7.71. The van der Waals surface area contributed by atoms with E-state index in [1.807, 2.05) is 0 Å². The van der Waals surface area contributed by atoms with Gasteiger partial charge in [0.05, 0.1) is 23.3 Å². The second-order valence-corrected chi connectivity index (χ2v) is 8.58. The van der Waals surface area contributed by atoms with E-state index in [0.29, 0.717) is 21.2 Å². The zero-order chi connectivity index (χ0) is 22.9. The van der Waals surface area contributed by atoms with Gasteiger partial charge in [-0.05, 0) is 76.2 Å². The van der Waals surface area contributed by atoms with Crippen molar-refractivity contribution < 1.29 is 29.3 Å². The predicted molar refractivity (Wildman–Crippen MR) is 116 cm³/mol. The first-order valence-electron chi connectivity index (χ1n) is 9.08. The molecule has 0 aliphatic carbocycles. The topological polar surface area (TPSA) is 93.1 Å². The van der Waals surface area contributed by atoms with E-state index in [-0.39, 0.29) is 13.2 Å². The summed E-state index contributed by atoms with van der Waals surface area (Å²) in [5.74, 6) is -1.03. The lowest BCUT2D eigenvalue weighted by atomic mass is 10.1. The Balaban J connectivity index is 0.000000656. The van der Waals surface area contributed by atoms with Gasteiger partial charge in [0.1, 0.15) is 12.2 Å². The van der Waals surface area contributed by atoms with Crippen LogP contribution >= 0.6 is 23.2 Å². The van der Waals surface area contributed by atoms with Crippen LogP contribution < -0.4 is 0 Å². The van der Waals surface area contributed by atoms with Gasteiger partial charge < -0.3 is 19.7 Å². The summed E-state index contributed by atoms with van der Waals surface area (Å²) in [5.41, 5.74) is -1.13. The van der Waals surface area contributed by atoms with Gasteiger partial charge in [-0.2, -0.15) is 0 Å². The molecule has 0 aliphatic rings. The summed E-state index contributed by atoms with van der Waals surface area (Å²) in [4.78, 5) is 24.1. The largest absolute Gasteiger partial charge is 0.458 e. The average Bonchev–Trinajstić information content (AvgIpc) is 2.67. The van der Waals surface area contributed by atoms with Gasteiger partial charge in [-0.1, -0.05) is 23.2 Å². The summed E-state index contributed by atoms with van der Waals surface area (Å²) in [6, 6.07) is 12.7. The van der Waals surface area contributed by atoms with Crippen molar-refractivity contribution in [3.8, 4) is 0 Å². The van der Waals surface area contributed by atoms with Gasteiger partial charge in [0.15, 0.2) is 0 Å². The van der Waals surface area contributed by atoms with Crippen LogP contribution in [0.15, 0.2) is 48.5 Å². The van der Waals surface area contributed by atoms with Crippen LogP contribution in [0.5, 0.6) is 0 Å². The molecule has 0 aromatic heterocycles. The van der Waals surface area contributed by atoms with Crippen LogP contribution in [-0.4, -0.2) is 46.6 Å². The van der Waals surface area contributed by atoms with Crippen LogP contribution in [0.25, 0.3) is 0 Å². The molecule has 164 valence electrons. The van der Waals surface area contributed by atoms with Crippen molar-refractivity contribution in [2.24, 2.45) is 0 Å². The lowest BCUT2D eigenvalue weighted by Crippen LogP contribution is -2.34. The SMILES string of the molecule is CC(C)(COC(=O)c1ccc(Cl)cc1)OC(=O)c1ccc(Cl)cc1.CC(C)(O)CO. The van der Waals surface area contributed by atoms with E-state index in [1.54, 1.807) is 76.2 Å². The maximum absolute atomic E-state index is 12.1. The molecule has 30 heavy (non-hydrogen) atoms. The summed E-state index contributed by atoms with van der Waals surface area (Å²) in [6.45, 7) is 6.17. The smallest absolute Gasteiger partial charge is 0.338 e. The molecule has 0 saturated heterocycles. The molecule has 0 spiro atoms. The van der Waals surface area contributed by atoms with Gasteiger partial charge in [0.25, 0.3) is 0 Å². The van der Waals surface area contributed by atoms with E-state index in [0.717, 1.165) is 0 Å². The van der Waals surface area contributed by atoms with Crippen molar-refractivity contribution in [1.82, 2.24) is 0 Å². The molecule has 2 aromatic rings. The molecule has 0 radical (unpaired) electrons. The maximum Gasteiger partial charge on any atom is 0.338 e. The quantitative estimate of drug-likeness (QED) is 0.619. The molecule has 2 rings (SSSR count). The summed E-state index contributed by atoms with van der Waals surface area (Å²) in [6.07, 6.45) is 0. The van der Waals surface area contributed by atoms with Gasteiger partial charge in [-0.25, -0.2) is 9.59 Å². The number of esters is 2. The Bertz CT molecular complexity index is 824. The van der Waals surface area contributed by atoms with E-state index < -0.39 is 23.1 Å². The number of hydrogen-bond donors (Lipinski definition) is 2. The fourth-order valence-electron chi connectivity index (χ4n) is 1.83. The van der Waals surface area contributed by atoms with Crippen LogP contribution in [0, 0.1) is 0 Å². The Labute approximate surface area is 186 Å². The number of hydrogen-bond acceptors (Lipinski definition) is 6. The standard InChI is InChI=1S/C18H16Cl2O4.C4H10O2/c1-18(2,24-17(22)13-5-9-15(20)10-6-13)11-23-16(21)12-3-7-14(19)8-4-12;1-4(2,6)3-5/h3-10H,11H2,1-2H3;5-6H,3H2,1-2H3. The van der Waals surface area contributed by atoms with Crippen LogP contribution in [0.4, 0.5) is 0 Å². The third-order valence-corrected chi connectivity index (χ3v) is 3.97. The number of ether oxygens (including phenoxy) is 2. The third-order valence-electron chi connectivity index (χ3n) is 3.47. The van der Waals surface area contributed by atoms with Crippen molar-refractivity contribution in [3.05, 3.63) is 69.7 Å². The van der Waals surface area contributed by atoms with Crippen LogP contribution in [0.1, 0.15) is 48.4 Å². The summed E-state index contributed by atoms with van der Waals surface area (Å²) in [7, 11) is 0. The van der Waals surface area contributed by atoms with Crippen molar-refractivity contribution >= 4 is 35.1 Å². The van der Waals surface area contributed by atoms with Gasteiger partial charge in [0, 0.05) is 10.0 Å². The number of carbonyl (C=O) groups is 2. The van der Waals surface area contributed by atoms with Crippen molar-refractivity contribution in [3.63, 3.8) is 0 Å². The Hall–Kier alpha value is -2.12. The van der Waals surface area contributed by atoms with Crippen LogP contribution in [0.2, 0.25) is 10.0 Å². The van der Waals surface area contributed by atoms with E-state index >= 15 is 0 Å². The minimum absolute atomic E-state index is 0.0756. The monoisotopic (exact) mass is 456 g/mol. The maximum atomic E-state index is 12.1. The van der Waals surface area contributed by atoms with Crippen molar-refractivity contribution in [1.29, 1.82) is 0 Å². The molecular formula is C22H26Cl2O6. The fraction of sp³-hybridized carbons (Fsp3) is 0.364. The molecule has 0 fully saturated rings. The van der Waals surface area contributed by atoms with Gasteiger partial charge in [-0.15, -0.1) is 0 Å². The third kappa shape index (κ3) is 10.1. The van der Waals surface area contributed by atoms with Gasteiger partial charge in [0.2, 0.25) is 0 Å². The van der Waals surface area contributed by atoms with Crippen LogP contribution in [0.3, 0.4) is 0 Å². The molecule has 0 amide bonds. The van der Waals surface area contributed by atoms with Crippen molar-refractivity contribution in [2.45, 2.75) is 38.9 Å². The van der Waals surface area contributed by atoms with Gasteiger partial charge >= 0.3 is 11.9 Å². The first kappa shape index (κ1) is 25.9. The number of rotatable bonds is 6.